The Morgan fingerprint density at radius 2 is 2.40 bits per heavy atom. The van der Waals surface area contributed by atoms with Gasteiger partial charge in [0, 0.05) is 0 Å². The van der Waals surface area contributed by atoms with Crippen LogP contribution in [-0.2, 0) is 9.53 Å². The molecule has 0 radical (unpaired) electrons. The van der Waals surface area contributed by atoms with Gasteiger partial charge in [0.25, 0.3) is 0 Å². The van der Waals surface area contributed by atoms with Crippen LogP contribution in [0.1, 0.15) is 26.2 Å². The highest BCUT2D eigenvalue weighted by Crippen LogP contribution is 2.36. The summed E-state index contributed by atoms with van der Waals surface area (Å²) in [6.45, 7) is 2.01. The van der Waals surface area contributed by atoms with Gasteiger partial charge < -0.3 is 4.74 Å². The van der Waals surface area contributed by atoms with E-state index in [-0.39, 0.29) is 5.97 Å². The SMILES string of the molecule is C#CCC1(CCC)OC1=O. The minimum atomic E-state index is -0.566. The van der Waals surface area contributed by atoms with Crippen LogP contribution in [0.25, 0.3) is 0 Å². The molecule has 1 aliphatic heterocycles. The lowest BCUT2D eigenvalue weighted by Crippen LogP contribution is -2.10. The highest BCUT2D eigenvalue weighted by atomic mass is 16.7. The standard InChI is InChI=1S/C8H10O2/c1-3-5-8(6-4-2)7(9)10-8/h1H,4-6H2,2H3. The molecule has 1 heterocycles. The van der Waals surface area contributed by atoms with E-state index in [0.29, 0.717) is 6.42 Å². The predicted molar refractivity (Wildman–Crippen MR) is 37.2 cm³/mol. The zero-order chi connectivity index (χ0) is 7.61. The maximum atomic E-state index is 10.7. The quantitative estimate of drug-likeness (QED) is 0.432. The van der Waals surface area contributed by atoms with Crippen LogP contribution >= 0.6 is 0 Å². The molecule has 1 unspecified atom stereocenters. The fourth-order valence-corrected chi connectivity index (χ4v) is 1.07. The second kappa shape index (κ2) is 2.34. The Morgan fingerprint density at radius 1 is 1.80 bits per heavy atom. The van der Waals surface area contributed by atoms with Crippen molar-refractivity contribution in [1.29, 1.82) is 0 Å². The third-order valence-corrected chi connectivity index (χ3v) is 1.66. The van der Waals surface area contributed by atoms with E-state index in [0.717, 1.165) is 12.8 Å². The van der Waals surface area contributed by atoms with Crippen LogP contribution in [0.15, 0.2) is 0 Å². The summed E-state index contributed by atoms with van der Waals surface area (Å²) in [5, 5.41) is 0. The summed E-state index contributed by atoms with van der Waals surface area (Å²) in [6.07, 6.45) is 7.19. The Morgan fingerprint density at radius 3 is 2.70 bits per heavy atom. The minimum absolute atomic E-state index is 0.132. The summed E-state index contributed by atoms with van der Waals surface area (Å²) in [5.41, 5.74) is -0.566. The van der Waals surface area contributed by atoms with Gasteiger partial charge in [0.1, 0.15) is 0 Å². The second-order valence-corrected chi connectivity index (χ2v) is 2.51. The van der Waals surface area contributed by atoms with Gasteiger partial charge in [0.15, 0.2) is 0 Å². The molecule has 0 spiro atoms. The van der Waals surface area contributed by atoms with Crippen LogP contribution in [0.4, 0.5) is 0 Å². The number of cyclic esters (lactones) is 1. The number of hydrogen-bond donors (Lipinski definition) is 0. The summed E-state index contributed by atoms with van der Waals surface area (Å²) in [7, 11) is 0. The van der Waals surface area contributed by atoms with Crippen molar-refractivity contribution in [2.45, 2.75) is 31.8 Å². The number of epoxide rings is 1. The van der Waals surface area contributed by atoms with E-state index in [4.69, 9.17) is 11.2 Å². The average Bonchev–Trinajstić information content (AvgIpc) is 2.44. The van der Waals surface area contributed by atoms with Gasteiger partial charge in [-0.15, -0.1) is 12.3 Å². The summed E-state index contributed by atoms with van der Waals surface area (Å²) in [6, 6.07) is 0. The minimum Gasteiger partial charge on any atom is -0.443 e. The first-order valence-corrected chi connectivity index (χ1v) is 3.42. The molecule has 1 saturated heterocycles. The topological polar surface area (TPSA) is 29.6 Å². The molecule has 10 heavy (non-hydrogen) atoms. The van der Waals surface area contributed by atoms with Gasteiger partial charge in [-0.2, -0.15) is 0 Å². The van der Waals surface area contributed by atoms with Crippen molar-refractivity contribution in [3.63, 3.8) is 0 Å². The Labute approximate surface area is 60.6 Å². The maximum Gasteiger partial charge on any atom is 0.352 e. The lowest BCUT2D eigenvalue weighted by atomic mass is 10.0. The highest BCUT2D eigenvalue weighted by molar-refractivity contribution is 5.93. The molecule has 0 aliphatic carbocycles. The molecule has 1 fully saturated rings. The van der Waals surface area contributed by atoms with E-state index in [2.05, 4.69) is 5.92 Å². The van der Waals surface area contributed by atoms with Gasteiger partial charge >= 0.3 is 5.97 Å². The maximum absolute atomic E-state index is 10.7. The van der Waals surface area contributed by atoms with Gasteiger partial charge in [0.2, 0.25) is 5.60 Å². The van der Waals surface area contributed by atoms with Crippen molar-refractivity contribution in [3.8, 4) is 12.3 Å². The molecule has 54 valence electrons. The molecule has 0 amide bonds. The van der Waals surface area contributed by atoms with E-state index >= 15 is 0 Å². The number of terminal acetylenes is 1. The monoisotopic (exact) mass is 138 g/mol. The molecule has 0 saturated carbocycles. The second-order valence-electron chi connectivity index (χ2n) is 2.51. The lowest BCUT2D eigenvalue weighted by Gasteiger charge is -1.98. The van der Waals surface area contributed by atoms with E-state index in [9.17, 15) is 4.79 Å². The smallest absolute Gasteiger partial charge is 0.352 e. The van der Waals surface area contributed by atoms with E-state index in [1.807, 2.05) is 6.92 Å². The van der Waals surface area contributed by atoms with Gasteiger partial charge in [-0.3, -0.25) is 0 Å². The van der Waals surface area contributed by atoms with Gasteiger partial charge in [0.05, 0.1) is 6.42 Å². The molecule has 1 aliphatic rings. The molecule has 2 heteroatoms. The van der Waals surface area contributed by atoms with E-state index < -0.39 is 5.60 Å². The largest absolute Gasteiger partial charge is 0.443 e. The van der Waals surface area contributed by atoms with Crippen LogP contribution in [0, 0.1) is 12.3 Å². The number of carbonyl (C=O) groups is 1. The van der Waals surface area contributed by atoms with Crippen molar-refractivity contribution in [3.05, 3.63) is 0 Å². The zero-order valence-corrected chi connectivity index (χ0v) is 6.02. The Bertz CT molecular complexity index is 190. The molecule has 0 aromatic rings. The first-order valence-electron chi connectivity index (χ1n) is 3.42. The van der Waals surface area contributed by atoms with Crippen LogP contribution in [-0.4, -0.2) is 11.6 Å². The van der Waals surface area contributed by atoms with E-state index in [1.54, 1.807) is 0 Å². The van der Waals surface area contributed by atoms with Crippen molar-refractivity contribution in [1.82, 2.24) is 0 Å². The van der Waals surface area contributed by atoms with E-state index in [1.165, 1.54) is 0 Å². The van der Waals surface area contributed by atoms with Gasteiger partial charge in [-0.05, 0) is 6.42 Å². The first kappa shape index (κ1) is 7.14. The fourth-order valence-electron chi connectivity index (χ4n) is 1.07. The molecule has 0 aromatic carbocycles. The molecular formula is C8H10O2. The molecule has 0 N–H and O–H groups in total. The zero-order valence-electron chi connectivity index (χ0n) is 6.02. The number of rotatable bonds is 3. The van der Waals surface area contributed by atoms with Crippen molar-refractivity contribution in [2.75, 3.05) is 0 Å². The number of hydrogen-bond acceptors (Lipinski definition) is 2. The van der Waals surface area contributed by atoms with Gasteiger partial charge in [-0.1, -0.05) is 13.3 Å². The number of carbonyl (C=O) groups excluding carboxylic acids is 1. The summed E-state index contributed by atoms with van der Waals surface area (Å²) < 4.78 is 4.80. The number of ether oxygens (including phenoxy) is 1. The molecule has 0 aromatic heterocycles. The summed E-state index contributed by atoms with van der Waals surface area (Å²) in [4.78, 5) is 10.7. The van der Waals surface area contributed by atoms with Crippen LogP contribution in [0.5, 0.6) is 0 Å². The lowest BCUT2D eigenvalue weighted by molar-refractivity contribution is -0.117. The van der Waals surface area contributed by atoms with Crippen LogP contribution in [0.3, 0.4) is 0 Å². The molecule has 1 atom stereocenters. The first-order chi connectivity index (χ1) is 4.75. The summed E-state index contributed by atoms with van der Waals surface area (Å²) in [5.74, 6) is 2.31. The molecular weight excluding hydrogens is 128 g/mol. The molecule has 1 rings (SSSR count). The third-order valence-electron chi connectivity index (χ3n) is 1.66. The Kier molecular flexibility index (Phi) is 1.67. The molecule has 2 nitrogen and oxygen atoms in total. The summed E-state index contributed by atoms with van der Waals surface area (Å²) >= 11 is 0. The Hall–Kier alpha value is -0.970. The van der Waals surface area contributed by atoms with Crippen LogP contribution < -0.4 is 0 Å². The van der Waals surface area contributed by atoms with Crippen LogP contribution in [0.2, 0.25) is 0 Å². The van der Waals surface area contributed by atoms with Crippen molar-refractivity contribution >= 4 is 5.97 Å². The normalized spacial score (nSPS) is 29.0. The average molecular weight is 138 g/mol. The fraction of sp³-hybridized carbons (Fsp3) is 0.625. The highest BCUT2D eigenvalue weighted by Gasteiger charge is 2.56. The van der Waals surface area contributed by atoms with Crippen molar-refractivity contribution < 1.29 is 9.53 Å². The Balaban J connectivity index is 2.48. The van der Waals surface area contributed by atoms with Crippen molar-refractivity contribution in [2.24, 2.45) is 0 Å². The van der Waals surface area contributed by atoms with Gasteiger partial charge in [-0.25, -0.2) is 4.79 Å². The molecule has 0 bridgehead atoms. The predicted octanol–water partition coefficient (Wildman–Crippen LogP) is 1.11. The third kappa shape index (κ3) is 0.995.